The van der Waals surface area contributed by atoms with Crippen LogP contribution in [-0.4, -0.2) is 23.4 Å². The van der Waals surface area contributed by atoms with Crippen molar-refractivity contribution in [1.29, 1.82) is 0 Å². The first-order valence-corrected chi connectivity index (χ1v) is 6.35. The van der Waals surface area contributed by atoms with Crippen molar-refractivity contribution in [2.24, 2.45) is 5.73 Å². The maximum absolute atomic E-state index is 13.6. The number of halogens is 1. The van der Waals surface area contributed by atoms with Crippen molar-refractivity contribution in [3.05, 3.63) is 35.1 Å². The number of rotatable bonds is 3. The molecule has 3 nitrogen and oxygen atoms in total. The Balaban J connectivity index is 2.34. The lowest BCUT2D eigenvalue weighted by Crippen LogP contribution is -2.33. The summed E-state index contributed by atoms with van der Waals surface area (Å²) in [7, 11) is 0. The van der Waals surface area contributed by atoms with Crippen molar-refractivity contribution in [2.45, 2.75) is 38.8 Å². The molecule has 1 amide bonds. The molecular formula is C14H19FN2O. The van der Waals surface area contributed by atoms with Crippen molar-refractivity contribution in [3.63, 3.8) is 0 Å². The molecule has 2 unspecified atom stereocenters. The number of amides is 1. The van der Waals surface area contributed by atoms with Crippen LogP contribution in [0.3, 0.4) is 0 Å². The Morgan fingerprint density at radius 2 is 2.22 bits per heavy atom. The Morgan fingerprint density at radius 1 is 1.50 bits per heavy atom. The summed E-state index contributed by atoms with van der Waals surface area (Å²) >= 11 is 0. The number of hydrogen-bond donors (Lipinski definition) is 1. The van der Waals surface area contributed by atoms with E-state index in [0.29, 0.717) is 18.5 Å². The Bertz CT molecular complexity index is 461. The zero-order chi connectivity index (χ0) is 13.3. The molecule has 18 heavy (non-hydrogen) atoms. The molecule has 98 valence electrons. The molecule has 1 aliphatic rings. The van der Waals surface area contributed by atoms with E-state index >= 15 is 0 Å². The van der Waals surface area contributed by atoms with Gasteiger partial charge in [0.15, 0.2) is 0 Å². The molecule has 1 aliphatic heterocycles. The van der Waals surface area contributed by atoms with Gasteiger partial charge in [-0.2, -0.15) is 0 Å². The van der Waals surface area contributed by atoms with E-state index in [2.05, 4.69) is 0 Å². The zero-order valence-corrected chi connectivity index (χ0v) is 10.8. The first kappa shape index (κ1) is 13.0. The molecule has 2 N–H and O–H groups in total. The summed E-state index contributed by atoms with van der Waals surface area (Å²) in [5.74, 6) is -0.175. The van der Waals surface area contributed by atoms with E-state index in [1.807, 2.05) is 13.0 Å². The van der Waals surface area contributed by atoms with E-state index in [0.717, 1.165) is 12.0 Å². The van der Waals surface area contributed by atoms with Crippen LogP contribution in [0.4, 0.5) is 4.39 Å². The third-order valence-electron chi connectivity index (χ3n) is 3.47. The van der Waals surface area contributed by atoms with Crippen LogP contribution >= 0.6 is 0 Å². The highest BCUT2D eigenvalue weighted by atomic mass is 19.1. The molecule has 4 heteroatoms. The highest BCUT2D eigenvalue weighted by Crippen LogP contribution is 2.32. The van der Waals surface area contributed by atoms with Gasteiger partial charge < -0.3 is 10.6 Å². The highest BCUT2D eigenvalue weighted by Gasteiger charge is 2.38. The predicted molar refractivity (Wildman–Crippen MR) is 68.5 cm³/mol. The Kier molecular flexibility index (Phi) is 3.66. The van der Waals surface area contributed by atoms with Crippen LogP contribution in [0.1, 0.15) is 36.9 Å². The summed E-state index contributed by atoms with van der Waals surface area (Å²) in [5, 5.41) is 0. The average Bonchev–Trinajstić information content (AvgIpc) is 2.59. The molecule has 1 aromatic carbocycles. The van der Waals surface area contributed by atoms with Gasteiger partial charge in [0.1, 0.15) is 5.82 Å². The van der Waals surface area contributed by atoms with Gasteiger partial charge in [-0.05, 0) is 30.5 Å². The van der Waals surface area contributed by atoms with Crippen LogP contribution in [-0.2, 0) is 4.79 Å². The summed E-state index contributed by atoms with van der Waals surface area (Å²) in [4.78, 5) is 13.6. The summed E-state index contributed by atoms with van der Waals surface area (Å²) in [5.41, 5.74) is 7.43. The van der Waals surface area contributed by atoms with Crippen LogP contribution in [0, 0.1) is 12.7 Å². The van der Waals surface area contributed by atoms with Gasteiger partial charge in [-0.1, -0.05) is 19.1 Å². The summed E-state index contributed by atoms with van der Waals surface area (Å²) < 4.78 is 13.6. The number of carbonyl (C=O) groups excluding carboxylic acids is 1. The lowest BCUT2D eigenvalue weighted by Gasteiger charge is -2.27. The van der Waals surface area contributed by atoms with Crippen LogP contribution in [0.15, 0.2) is 18.2 Å². The van der Waals surface area contributed by atoms with Gasteiger partial charge >= 0.3 is 0 Å². The van der Waals surface area contributed by atoms with E-state index in [1.165, 1.54) is 6.07 Å². The quantitative estimate of drug-likeness (QED) is 0.893. The minimum Gasteiger partial charge on any atom is -0.334 e. The molecule has 0 aromatic heterocycles. The van der Waals surface area contributed by atoms with E-state index in [-0.39, 0.29) is 23.8 Å². The fourth-order valence-corrected chi connectivity index (χ4v) is 2.54. The van der Waals surface area contributed by atoms with Gasteiger partial charge in [0.2, 0.25) is 5.91 Å². The second-order valence-corrected chi connectivity index (χ2v) is 4.91. The van der Waals surface area contributed by atoms with Gasteiger partial charge in [0.25, 0.3) is 0 Å². The van der Waals surface area contributed by atoms with Crippen molar-refractivity contribution >= 4 is 5.91 Å². The van der Waals surface area contributed by atoms with Crippen molar-refractivity contribution in [3.8, 4) is 0 Å². The molecular weight excluding hydrogens is 231 g/mol. The molecule has 0 saturated carbocycles. The fraction of sp³-hybridized carbons (Fsp3) is 0.500. The largest absolute Gasteiger partial charge is 0.334 e. The predicted octanol–water partition coefficient (Wildman–Crippen LogP) is 2.14. The second-order valence-electron chi connectivity index (χ2n) is 4.91. The number of likely N-dealkylation sites (tertiary alicyclic amines) is 1. The van der Waals surface area contributed by atoms with Crippen molar-refractivity contribution < 1.29 is 9.18 Å². The van der Waals surface area contributed by atoms with E-state index < -0.39 is 0 Å². The van der Waals surface area contributed by atoms with Crippen LogP contribution < -0.4 is 5.73 Å². The second kappa shape index (κ2) is 5.06. The first-order chi connectivity index (χ1) is 8.54. The smallest absolute Gasteiger partial charge is 0.224 e. The highest BCUT2D eigenvalue weighted by molar-refractivity contribution is 5.80. The molecule has 1 aromatic rings. The number of nitrogens with zero attached hydrogens (tertiary/aromatic N) is 1. The number of hydrogen-bond acceptors (Lipinski definition) is 2. The minimum absolute atomic E-state index is 0.0651. The SMILES string of the molecule is CCCN1C(=O)CC(N)C1c1ccc(C)c(F)c1. The van der Waals surface area contributed by atoms with Gasteiger partial charge in [0, 0.05) is 19.0 Å². The molecule has 0 radical (unpaired) electrons. The average molecular weight is 250 g/mol. The topological polar surface area (TPSA) is 46.3 Å². The molecule has 1 saturated heterocycles. The molecule has 1 heterocycles. The summed E-state index contributed by atoms with van der Waals surface area (Å²) in [6.07, 6.45) is 1.23. The third-order valence-corrected chi connectivity index (χ3v) is 3.47. The maximum atomic E-state index is 13.6. The Morgan fingerprint density at radius 3 is 2.83 bits per heavy atom. The number of carbonyl (C=O) groups is 1. The zero-order valence-electron chi connectivity index (χ0n) is 10.8. The van der Waals surface area contributed by atoms with Crippen molar-refractivity contribution in [2.75, 3.05) is 6.54 Å². The molecule has 2 rings (SSSR count). The standard InChI is InChI=1S/C14H19FN2O/c1-3-6-17-13(18)8-12(16)14(17)10-5-4-9(2)11(15)7-10/h4-5,7,12,14H,3,6,8,16H2,1-2H3. The molecule has 0 bridgehead atoms. The normalized spacial score (nSPS) is 23.8. The van der Waals surface area contributed by atoms with Gasteiger partial charge in [-0.15, -0.1) is 0 Å². The van der Waals surface area contributed by atoms with Crippen LogP contribution in [0.5, 0.6) is 0 Å². The Labute approximate surface area is 107 Å². The molecule has 0 spiro atoms. The number of benzene rings is 1. The van der Waals surface area contributed by atoms with Gasteiger partial charge in [0.05, 0.1) is 6.04 Å². The van der Waals surface area contributed by atoms with E-state index in [4.69, 9.17) is 5.73 Å². The third kappa shape index (κ3) is 2.25. The molecule has 2 atom stereocenters. The van der Waals surface area contributed by atoms with Crippen LogP contribution in [0.25, 0.3) is 0 Å². The van der Waals surface area contributed by atoms with E-state index in [1.54, 1.807) is 17.9 Å². The molecule has 1 fully saturated rings. The van der Waals surface area contributed by atoms with E-state index in [9.17, 15) is 9.18 Å². The van der Waals surface area contributed by atoms with Gasteiger partial charge in [-0.25, -0.2) is 4.39 Å². The van der Waals surface area contributed by atoms with Crippen LogP contribution in [0.2, 0.25) is 0 Å². The minimum atomic E-state index is -0.244. The number of nitrogens with two attached hydrogens (primary N) is 1. The summed E-state index contributed by atoms with van der Waals surface area (Å²) in [6, 6.07) is 4.68. The molecule has 0 aliphatic carbocycles. The summed E-state index contributed by atoms with van der Waals surface area (Å²) in [6.45, 7) is 4.42. The van der Waals surface area contributed by atoms with Crippen molar-refractivity contribution in [1.82, 2.24) is 4.90 Å². The van der Waals surface area contributed by atoms with Gasteiger partial charge in [-0.3, -0.25) is 4.79 Å². The number of aryl methyl sites for hydroxylation is 1. The monoisotopic (exact) mass is 250 g/mol. The maximum Gasteiger partial charge on any atom is 0.224 e. The Hall–Kier alpha value is -1.42. The fourth-order valence-electron chi connectivity index (χ4n) is 2.54. The lowest BCUT2D eigenvalue weighted by molar-refractivity contribution is -0.129. The first-order valence-electron chi connectivity index (χ1n) is 6.35. The lowest BCUT2D eigenvalue weighted by atomic mass is 9.99.